The van der Waals surface area contributed by atoms with Crippen molar-refractivity contribution in [2.24, 2.45) is 0 Å². The lowest BCUT2D eigenvalue weighted by molar-refractivity contribution is -0.114. The summed E-state index contributed by atoms with van der Waals surface area (Å²) in [5, 5.41) is 6.98. The van der Waals surface area contributed by atoms with Crippen LogP contribution in [0.15, 0.2) is 20.8 Å². The Kier molecular flexibility index (Phi) is 3.29. The van der Waals surface area contributed by atoms with Crippen molar-refractivity contribution in [1.29, 1.82) is 0 Å². The number of amides is 1. The highest BCUT2D eigenvalue weighted by Crippen LogP contribution is 2.34. The van der Waals surface area contributed by atoms with Crippen molar-refractivity contribution in [3.8, 4) is 0 Å². The minimum absolute atomic E-state index is 0.111. The summed E-state index contributed by atoms with van der Waals surface area (Å²) in [6.07, 6.45) is 3.42. The van der Waals surface area contributed by atoms with E-state index in [4.69, 9.17) is 0 Å². The SMILES string of the molecule is CC(=O)Nc1ncc(Sc2cnns2)s1. The summed E-state index contributed by atoms with van der Waals surface area (Å²) in [7, 11) is 0. The molecule has 0 unspecified atom stereocenters. The van der Waals surface area contributed by atoms with Crippen LogP contribution in [-0.4, -0.2) is 20.5 Å². The normalized spacial score (nSPS) is 10.2. The molecule has 0 saturated heterocycles. The second-order valence-electron chi connectivity index (χ2n) is 2.50. The first kappa shape index (κ1) is 10.5. The van der Waals surface area contributed by atoms with Crippen LogP contribution in [0.4, 0.5) is 5.13 Å². The van der Waals surface area contributed by atoms with Gasteiger partial charge in [0.2, 0.25) is 5.91 Å². The van der Waals surface area contributed by atoms with Crippen LogP contribution in [0, 0.1) is 0 Å². The summed E-state index contributed by atoms with van der Waals surface area (Å²) < 4.78 is 5.77. The van der Waals surface area contributed by atoms with Crippen molar-refractivity contribution in [2.75, 3.05) is 5.32 Å². The Morgan fingerprint density at radius 1 is 1.47 bits per heavy atom. The molecule has 2 aromatic heterocycles. The third-order valence-electron chi connectivity index (χ3n) is 1.31. The van der Waals surface area contributed by atoms with E-state index in [2.05, 4.69) is 19.9 Å². The molecule has 0 aliphatic carbocycles. The van der Waals surface area contributed by atoms with Gasteiger partial charge in [0.25, 0.3) is 0 Å². The molecule has 78 valence electrons. The molecule has 2 heterocycles. The third-order valence-corrected chi connectivity index (χ3v) is 4.07. The van der Waals surface area contributed by atoms with E-state index >= 15 is 0 Å². The van der Waals surface area contributed by atoms with Gasteiger partial charge in [-0.05, 0) is 11.5 Å². The maximum Gasteiger partial charge on any atom is 0.223 e. The minimum Gasteiger partial charge on any atom is -0.302 e. The summed E-state index contributed by atoms with van der Waals surface area (Å²) in [6, 6.07) is 0. The molecule has 0 aromatic carbocycles. The van der Waals surface area contributed by atoms with Gasteiger partial charge in [-0.1, -0.05) is 27.6 Å². The van der Waals surface area contributed by atoms with Crippen molar-refractivity contribution in [3.63, 3.8) is 0 Å². The monoisotopic (exact) mass is 258 g/mol. The quantitative estimate of drug-likeness (QED) is 0.913. The lowest BCUT2D eigenvalue weighted by atomic mass is 10.7. The van der Waals surface area contributed by atoms with Gasteiger partial charge in [0, 0.05) is 6.92 Å². The maximum absolute atomic E-state index is 10.8. The molecule has 1 N–H and O–H groups in total. The van der Waals surface area contributed by atoms with E-state index < -0.39 is 0 Å². The van der Waals surface area contributed by atoms with Crippen molar-refractivity contribution >= 4 is 45.7 Å². The molecule has 5 nitrogen and oxygen atoms in total. The average molecular weight is 258 g/mol. The molecule has 0 radical (unpaired) electrons. The molecule has 8 heteroatoms. The first-order valence-corrected chi connectivity index (χ1v) is 6.33. The predicted octanol–water partition coefficient (Wildman–Crippen LogP) is 2.10. The fourth-order valence-electron chi connectivity index (χ4n) is 0.817. The third kappa shape index (κ3) is 2.98. The Morgan fingerprint density at radius 3 is 3.00 bits per heavy atom. The summed E-state index contributed by atoms with van der Waals surface area (Å²) in [6.45, 7) is 1.46. The number of hydrogen-bond donors (Lipinski definition) is 1. The van der Waals surface area contributed by atoms with Crippen molar-refractivity contribution in [3.05, 3.63) is 12.4 Å². The molecule has 0 saturated carbocycles. The van der Waals surface area contributed by atoms with Gasteiger partial charge in [-0.2, -0.15) is 0 Å². The number of carbonyl (C=O) groups excluding carboxylic acids is 1. The van der Waals surface area contributed by atoms with Crippen LogP contribution < -0.4 is 5.32 Å². The van der Waals surface area contributed by atoms with Crippen LogP contribution in [0.25, 0.3) is 0 Å². The number of thiazole rings is 1. The number of aromatic nitrogens is 3. The summed E-state index contributed by atoms with van der Waals surface area (Å²) in [5.41, 5.74) is 0. The molecule has 0 aliphatic heterocycles. The van der Waals surface area contributed by atoms with Gasteiger partial charge in [-0.3, -0.25) is 4.79 Å². The molecule has 2 rings (SSSR count). The largest absolute Gasteiger partial charge is 0.302 e. The second kappa shape index (κ2) is 4.69. The van der Waals surface area contributed by atoms with E-state index in [1.165, 1.54) is 29.8 Å². The first-order chi connectivity index (χ1) is 7.24. The van der Waals surface area contributed by atoms with Crippen molar-refractivity contribution in [2.45, 2.75) is 15.3 Å². The number of anilines is 1. The molecule has 15 heavy (non-hydrogen) atoms. The lowest BCUT2D eigenvalue weighted by Gasteiger charge is -1.92. The summed E-state index contributed by atoms with van der Waals surface area (Å²) >= 11 is 4.31. The smallest absolute Gasteiger partial charge is 0.223 e. The Hall–Kier alpha value is -0.990. The fraction of sp³-hybridized carbons (Fsp3) is 0.143. The Morgan fingerprint density at radius 2 is 2.33 bits per heavy atom. The van der Waals surface area contributed by atoms with Gasteiger partial charge in [-0.25, -0.2) is 4.98 Å². The first-order valence-electron chi connectivity index (χ1n) is 3.92. The number of rotatable bonds is 3. The highest BCUT2D eigenvalue weighted by Gasteiger charge is 2.06. The Balaban J connectivity index is 2.04. The molecule has 0 fully saturated rings. The average Bonchev–Trinajstić information content (AvgIpc) is 2.77. The van der Waals surface area contributed by atoms with Crippen LogP contribution in [0.1, 0.15) is 6.92 Å². The van der Waals surface area contributed by atoms with Gasteiger partial charge in [0.1, 0.15) is 4.21 Å². The highest BCUT2D eigenvalue weighted by molar-refractivity contribution is 8.02. The van der Waals surface area contributed by atoms with E-state index in [-0.39, 0.29) is 5.91 Å². The van der Waals surface area contributed by atoms with E-state index in [0.717, 1.165) is 8.42 Å². The highest BCUT2D eigenvalue weighted by atomic mass is 32.2. The van der Waals surface area contributed by atoms with Crippen molar-refractivity contribution < 1.29 is 4.79 Å². The van der Waals surface area contributed by atoms with Gasteiger partial charge in [0.15, 0.2) is 5.13 Å². The zero-order valence-electron chi connectivity index (χ0n) is 7.63. The van der Waals surface area contributed by atoms with E-state index in [1.54, 1.807) is 24.2 Å². The van der Waals surface area contributed by atoms with Crippen LogP contribution in [0.5, 0.6) is 0 Å². The molecule has 0 aliphatic rings. The summed E-state index contributed by atoms with van der Waals surface area (Å²) in [5.74, 6) is -0.111. The Bertz CT molecular complexity index is 453. The van der Waals surface area contributed by atoms with Gasteiger partial charge >= 0.3 is 0 Å². The molecule has 0 bridgehead atoms. The molecule has 0 spiro atoms. The number of nitrogens with zero attached hydrogens (tertiary/aromatic N) is 3. The van der Waals surface area contributed by atoms with Crippen LogP contribution in [0.3, 0.4) is 0 Å². The second-order valence-corrected chi connectivity index (χ2v) is 5.92. The van der Waals surface area contributed by atoms with E-state index in [9.17, 15) is 4.79 Å². The Labute approximate surface area is 98.1 Å². The fourth-order valence-corrected chi connectivity index (χ4v) is 3.44. The standard InChI is InChI=1S/C7H6N4OS3/c1-4(12)10-7-8-2-5(14-7)13-6-3-9-11-15-6/h2-3H,1H3,(H,8,10,12). The van der Waals surface area contributed by atoms with E-state index in [1.807, 2.05) is 0 Å². The molecule has 1 amide bonds. The number of nitrogens with one attached hydrogen (secondary N) is 1. The minimum atomic E-state index is -0.111. The molecular formula is C7H6N4OS3. The van der Waals surface area contributed by atoms with Crippen LogP contribution >= 0.6 is 34.6 Å². The summed E-state index contributed by atoms with van der Waals surface area (Å²) in [4.78, 5) is 14.8. The zero-order chi connectivity index (χ0) is 10.7. The van der Waals surface area contributed by atoms with Crippen LogP contribution in [0.2, 0.25) is 0 Å². The van der Waals surface area contributed by atoms with Gasteiger partial charge < -0.3 is 5.32 Å². The number of hydrogen-bond acceptors (Lipinski definition) is 7. The van der Waals surface area contributed by atoms with Gasteiger partial charge in [0.05, 0.1) is 16.6 Å². The van der Waals surface area contributed by atoms with Crippen LogP contribution in [-0.2, 0) is 4.79 Å². The predicted molar refractivity (Wildman–Crippen MR) is 60.4 cm³/mol. The maximum atomic E-state index is 10.8. The molecular weight excluding hydrogens is 252 g/mol. The topological polar surface area (TPSA) is 67.8 Å². The molecule has 0 atom stereocenters. The lowest BCUT2D eigenvalue weighted by Crippen LogP contribution is -2.04. The zero-order valence-corrected chi connectivity index (χ0v) is 10.1. The van der Waals surface area contributed by atoms with E-state index in [0.29, 0.717) is 5.13 Å². The van der Waals surface area contributed by atoms with Crippen molar-refractivity contribution in [1.82, 2.24) is 14.6 Å². The van der Waals surface area contributed by atoms with Gasteiger partial charge in [-0.15, -0.1) is 5.10 Å². The molecule has 2 aromatic rings. The number of carbonyl (C=O) groups is 1.